The minimum absolute atomic E-state index is 2.19. The summed E-state index contributed by atoms with van der Waals surface area (Å²) in [4.78, 5) is 3.12. The molecular formula is C3H4N. The first-order valence-electron chi connectivity index (χ1n) is 0.893. The molecule has 0 heterocycles. The van der Waals surface area contributed by atoms with Crippen molar-refractivity contribution in [3.8, 4) is 0 Å². The fourth-order valence-corrected chi connectivity index (χ4v) is 0. The highest BCUT2D eigenvalue weighted by Gasteiger charge is 1.30. The standard InChI is InChI=1S/C3H4N/c1-3-4-2/h1-2H2. The monoisotopic (exact) mass is 54.0 g/mol. The van der Waals surface area contributed by atoms with Crippen molar-refractivity contribution in [1.82, 2.24) is 0 Å². The van der Waals surface area contributed by atoms with Gasteiger partial charge in [-0.2, -0.15) is 0 Å². The van der Waals surface area contributed by atoms with E-state index in [0.29, 0.717) is 0 Å². The van der Waals surface area contributed by atoms with Gasteiger partial charge in [0, 0.05) is 0 Å². The molecule has 1 heteroatoms. The van der Waals surface area contributed by atoms with Crippen molar-refractivity contribution in [2.24, 2.45) is 4.99 Å². The van der Waals surface area contributed by atoms with Gasteiger partial charge in [-0.05, 0) is 6.72 Å². The van der Waals surface area contributed by atoms with E-state index in [0.717, 1.165) is 0 Å². The number of aliphatic imine (C=N–C) groups is 1. The number of rotatable bonds is 1. The molecule has 0 amide bonds. The Hall–Kier alpha value is -0.590. The summed E-state index contributed by atoms with van der Waals surface area (Å²) in [6.45, 7) is 6.18. The van der Waals surface area contributed by atoms with Crippen molar-refractivity contribution in [3.05, 3.63) is 12.8 Å². The van der Waals surface area contributed by atoms with Crippen LogP contribution in [0.3, 0.4) is 0 Å². The molecule has 0 aromatic rings. The Balaban J connectivity index is 2.73. The van der Waals surface area contributed by atoms with E-state index in [2.05, 4.69) is 24.5 Å². The predicted octanol–water partition coefficient (Wildman–Crippen LogP) is 0.634. The molecule has 0 aromatic carbocycles. The lowest BCUT2D eigenvalue weighted by atomic mass is 11.1. The van der Waals surface area contributed by atoms with Crippen LogP contribution < -0.4 is 0 Å². The minimum Gasteiger partial charge on any atom is -0.263 e. The van der Waals surface area contributed by atoms with Gasteiger partial charge >= 0.3 is 0 Å². The smallest absolute Gasteiger partial charge is 0.0800 e. The van der Waals surface area contributed by atoms with Gasteiger partial charge in [0.1, 0.15) is 0 Å². The van der Waals surface area contributed by atoms with Gasteiger partial charge in [-0.15, -0.1) is 0 Å². The molecule has 0 bridgehead atoms. The van der Waals surface area contributed by atoms with Gasteiger partial charge in [0.05, 0.1) is 6.20 Å². The van der Waals surface area contributed by atoms with Crippen molar-refractivity contribution < 1.29 is 0 Å². The van der Waals surface area contributed by atoms with Gasteiger partial charge < -0.3 is 0 Å². The summed E-state index contributed by atoms with van der Waals surface area (Å²) in [6, 6.07) is 0. The first kappa shape index (κ1) is 3.41. The van der Waals surface area contributed by atoms with Crippen LogP contribution in [0.25, 0.3) is 0 Å². The molecule has 0 N–H and O–H groups in total. The zero-order valence-corrected chi connectivity index (χ0v) is 2.36. The Morgan fingerprint density at radius 2 is 2.00 bits per heavy atom. The molecule has 0 spiro atoms. The summed E-state index contributed by atoms with van der Waals surface area (Å²) in [6.07, 6.45) is 2.19. The van der Waals surface area contributed by atoms with E-state index < -0.39 is 0 Å². The number of hydrogen-bond acceptors (Lipinski definition) is 1. The SMILES string of the molecule is C=[C]N=C. The zero-order chi connectivity index (χ0) is 3.41. The summed E-state index contributed by atoms with van der Waals surface area (Å²) >= 11 is 0. The number of hydrogen-bond donors (Lipinski definition) is 0. The van der Waals surface area contributed by atoms with Gasteiger partial charge in [-0.25, -0.2) is 0 Å². The van der Waals surface area contributed by atoms with Crippen molar-refractivity contribution in [1.29, 1.82) is 0 Å². The van der Waals surface area contributed by atoms with Gasteiger partial charge in [0.2, 0.25) is 0 Å². The van der Waals surface area contributed by atoms with Crippen LogP contribution in [0.1, 0.15) is 0 Å². The van der Waals surface area contributed by atoms with Crippen LogP contribution in [0.2, 0.25) is 0 Å². The van der Waals surface area contributed by atoms with E-state index in [1.165, 1.54) is 0 Å². The third-order valence-electron chi connectivity index (χ3n) is 0.112. The summed E-state index contributed by atoms with van der Waals surface area (Å²) < 4.78 is 0. The van der Waals surface area contributed by atoms with Crippen LogP contribution in [-0.2, 0) is 0 Å². The van der Waals surface area contributed by atoms with Crippen LogP contribution >= 0.6 is 0 Å². The molecule has 21 valence electrons. The predicted molar refractivity (Wildman–Crippen MR) is 18.4 cm³/mol. The Kier molecular flexibility index (Phi) is 2.05. The van der Waals surface area contributed by atoms with Crippen LogP contribution in [-0.4, -0.2) is 6.72 Å². The highest BCUT2D eigenvalue weighted by atomic mass is 14.6. The number of nitrogens with zero attached hydrogens (tertiary/aromatic N) is 1. The zero-order valence-electron chi connectivity index (χ0n) is 2.36. The van der Waals surface area contributed by atoms with Crippen molar-refractivity contribution in [2.45, 2.75) is 0 Å². The van der Waals surface area contributed by atoms with Gasteiger partial charge in [0.25, 0.3) is 0 Å². The van der Waals surface area contributed by atoms with Crippen molar-refractivity contribution >= 4 is 6.72 Å². The molecule has 1 radical (unpaired) electrons. The average Bonchev–Trinajstić information content (AvgIpc) is 1.37. The molecule has 0 aliphatic rings. The lowest BCUT2D eigenvalue weighted by Gasteiger charge is -1.46. The topological polar surface area (TPSA) is 12.4 Å². The van der Waals surface area contributed by atoms with Crippen molar-refractivity contribution in [3.63, 3.8) is 0 Å². The van der Waals surface area contributed by atoms with E-state index in [4.69, 9.17) is 0 Å². The second-order valence-corrected chi connectivity index (χ2v) is 0.316. The highest BCUT2D eigenvalue weighted by Crippen LogP contribution is 1.47. The summed E-state index contributed by atoms with van der Waals surface area (Å²) in [7, 11) is 0. The molecule has 0 saturated carbocycles. The molecule has 4 heavy (non-hydrogen) atoms. The summed E-state index contributed by atoms with van der Waals surface area (Å²) in [5, 5.41) is 0. The van der Waals surface area contributed by atoms with Gasteiger partial charge in [0.15, 0.2) is 0 Å². The third kappa shape index (κ3) is 1.41. The summed E-state index contributed by atoms with van der Waals surface area (Å²) in [5.41, 5.74) is 0. The second kappa shape index (κ2) is 2.41. The van der Waals surface area contributed by atoms with E-state index in [9.17, 15) is 0 Å². The molecule has 0 aliphatic heterocycles. The molecule has 0 rings (SSSR count). The molecule has 0 saturated heterocycles. The third-order valence-corrected chi connectivity index (χ3v) is 0.112. The van der Waals surface area contributed by atoms with E-state index >= 15 is 0 Å². The summed E-state index contributed by atoms with van der Waals surface area (Å²) in [5.74, 6) is 0. The average molecular weight is 54.1 g/mol. The van der Waals surface area contributed by atoms with E-state index in [1.807, 2.05) is 0 Å². The fraction of sp³-hybridized carbons (Fsp3) is 0. The maximum absolute atomic E-state index is 3.12. The molecule has 0 fully saturated rings. The Labute approximate surface area is 25.7 Å². The molecule has 0 atom stereocenters. The Morgan fingerprint density at radius 3 is 2.00 bits per heavy atom. The normalized spacial score (nSPS) is 5.00. The van der Waals surface area contributed by atoms with E-state index in [1.54, 1.807) is 0 Å². The lowest BCUT2D eigenvalue weighted by Crippen LogP contribution is -1.29. The largest absolute Gasteiger partial charge is 0.263 e. The first-order chi connectivity index (χ1) is 1.91. The van der Waals surface area contributed by atoms with Crippen LogP contribution in [0.4, 0.5) is 0 Å². The Morgan fingerprint density at radius 1 is 1.75 bits per heavy atom. The molecule has 1 nitrogen and oxygen atoms in total. The highest BCUT2D eigenvalue weighted by molar-refractivity contribution is 5.23. The maximum Gasteiger partial charge on any atom is 0.0800 e. The maximum atomic E-state index is 3.12. The quantitative estimate of drug-likeness (QED) is 0.389. The lowest BCUT2D eigenvalue weighted by molar-refractivity contribution is 1.57. The molecular weight excluding hydrogens is 50.0 g/mol. The van der Waals surface area contributed by atoms with E-state index in [-0.39, 0.29) is 0 Å². The van der Waals surface area contributed by atoms with Gasteiger partial charge in [-0.1, -0.05) is 6.58 Å². The second-order valence-electron chi connectivity index (χ2n) is 0.316. The van der Waals surface area contributed by atoms with Crippen LogP contribution in [0.5, 0.6) is 0 Å². The van der Waals surface area contributed by atoms with Crippen LogP contribution in [0, 0.1) is 6.20 Å². The molecule has 0 unspecified atom stereocenters. The van der Waals surface area contributed by atoms with Gasteiger partial charge in [-0.3, -0.25) is 4.99 Å². The fourth-order valence-electron chi connectivity index (χ4n) is 0. The first-order valence-corrected chi connectivity index (χ1v) is 0.893. The Bertz CT molecular complexity index is 24.3. The van der Waals surface area contributed by atoms with Crippen molar-refractivity contribution in [2.75, 3.05) is 0 Å². The van der Waals surface area contributed by atoms with Crippen LogP contribution in [0.15, 0.2) is 11.6 Å². The molecule has 0 aromatic heterocycles. The minimum atomic E-state index is 2.19. The molecule has 0 aliphatic carbocycles.